The second-order valence-electron chi connectivity index (χ2n) is 5.37. The molecule has 0 aliphatic heterocycles. The van der Waals surface area contributed by atoms with Crippen LogP contribution < -0.4 is 14.2 Å². The molecule has 160 valence electrons. The van der Waals surface area contributed by atoms with Crippen molar-refractivity contribution in [3.63, 3.8) is 0 Å². The first kappa shape index (κ1) is 22.5. The number of aromatic nitrogens is 3. The van der Waals surface area contributed by atoms with Crippen molar-refractivity contribution >= 4 is 5.97 Å². The zero-order chi connectivity index (χ0) is 22.3. The van der Waals surface area contributed by atoms with E-state index in [0.717, 1.165) is 5.56 Å². The first-order chi connectivity index (χ1) is 14.2. The summed E-state index contributed by atoms with van der Waals surface area (Å²) in [5.41, 5.74) is 1.42. The molecule has 2 heterocycles. The van der Waals surface area contributed by atoms with Gasteiger partial charge in [0, 0.05) is 18.0 Å². The number of hydrogen-bond acceptors (Lipinski definition) is 8. The average molecular weight is 427 g/mol. The van der Waals surface area contributed by atoms with Crippen LogP contribution in [0.1, 0.15) is 0 Å². The monoisotopic (exact) mass is 427 g/mol. The summed E-state index contributed by atoms with van der Waals surface area (Å²) < 4.78 is 53.4. The molecular formula is C18H16F3N3O6. The maximum absolute atomic E-state index is 10.6. The number of aliphatic carboxylic acids is 1. The van der Waals surface area contributed by atoms with Gasteiger partial charge in [0.25, 0.3) is 0 Å². The maximum Gasteiger partial charge on any atom is 0.490 e. The summed E-state index contributed by atoms with van der Waals surface area (Å²) in [7, 11) is 4.65. The van der Waals surface area contributed by atoms with Gasteiger partial charge in [-0.1, -0.05) is 0 Å². The van der Waals surface area contributed by atoms with Crippen LogP contribution in [0.15, 0.2) is 41.1 Å². The number of rotatable bonds is 5. The Morgan fingerprint density at radius 1 is 1.00 bits per heavy atom. The number of carbonyl (C=O) groups is 1. The summed E-state index contributed by atoms with van der Waals surface area (Å²) in [4.78, 5) is 12.9. The first-order valence-corrected chi connectivity index (χ1v) is 8.05. The minimum absolute atomic E-state index is 0.350. The van der Waals surface area contributed by atoms with Crippen LogP contribution in [-0.4, -0.2) is 53.8 Å². The highest BCUT2D eigenvalue weighted by atomic mass is 19.4. The van der Waals surface area contributed by atoms with E-state index in [-0.39, 0.29) is 0 Å². The molecule has 0 atom stereocenters. The molecule has 0 fully saturated rings. The number of alkyl halides is 3. The number of benzene rings is 1. The average Bonchev–Trinajstić information content (AvgIpc) is 3.23. The normalized spacial score (nSPS) is 10.6. The number of halogens is 3. The van der Waals surface area contributed by atoms with Crippen LogP contribution in [0, 0.1) is 0 Å². The van der Waals surface area contributed by atoms with E-state index in [2.05, 4.69) is 15.2 Å². The molecule has 1 N–H and O–H groups in total. The Balaban J connectivity index is 0.000000396. The number of pyridine rings is 1. The van der Waals surface area contributed by atoms with Gasteiger partial charge in [0.05, 0.1) is 26.9 Å². The van der Waals surface area contributed by atoms with E-state index in [4.69, 9.17) is 28.5 Å². The van der Waals surface area contributed by atoms with Gasteiger partial charge in [-0.25, -0.2) is 4.79 Å². The predicted molar refractivity (Wildman–Crippen MR) is 96.3 cm³/mol. The van der Waals surface area contributed by atoms with Crippen LogP contribution in [-0.2, 0) is 4.79 Å². The minimum Gasteiger partial charge on any atom is -0.493 e. The zero-order valence-corrected chi connectivity index (χ0v) is 15.9. The smallest absolute Gasteiger partial charge is 0.490 e. The summed E-state index contributed by atoms with van der Waals surface area (Å²) >= 11 is 0. The lowest BCUT2D eigenvalue weighted by atomic mass is 10.2. The fourth-order valence-corrected chi connectivity index (χ4v) is 2.15. The van der Waals surface area contributed by atoms with Crippen LogP contribution >= 0.6 is 0 Å². The van der Waals surface area contributed by atoms with E-state index in [1.165, 1.54) is 0 Å². The molecule has 0 radical (unpaired) electrons. The highest BCUT2D eigenvalue weighted by Gasteiger charge is 2.38. The molecule has 3 rings (SSSR count). The Bertz CT molecular complexity index is 967. The van der Waals surface area contributed by atoms with E-state index >= 15 is 0 Å². The van der Waals surface area contributed by atoms with Crippen molar-refractivity contribution in [3.05, 3.63) is 36.7 Å². The molecule has 0 amide bonds. The Hall–Kier alpha value is -3.83. The van der Waals surface area contributed by atoms with Gasteiger partial charge in [0.1, 0.15) is 0 Å². The van der Waals surface area contributed by atoms with E-state index in [9.17, 15) is 13.2 Å². The van der Waals surface area contributed by atoms with Gasteiger partial charge in [-0.2, -0.15) is 13.2 Å². The topological polar surface area (TPSA) is 117 Å². The molecular weight excluding hydrogens is 411 g/mol. The lowest BCUT2D eigenvalue weighted by Crippen LogP contribution is -2.21. The van der Waals surface area contributed by atoms with Gasteiger partial charge in [-0.05, 0) is 24.3 Å². The molecule has 2 aromatic heterocycles. The molecule has 0 spiro atoms. The Kier molecular flexibility index (Phi) is 7.17. The molecule has 3 aromatic rings. The molecule has 30 heavy (non-hydrogen) atoms. The lowest BCUT2D eigenvalue weighted by molar-refractivity contribution is -0.192. The molecule has 0 aliphatic rings. The summed E-state index contributed by atoms with van der Waals surface area (Å²) in [6.07, 6.45) is -1.74. The van der Waals surface area contributed by atoms with Crippen molar-refractivity contribution in [3.8, 4) is 40.2 Å². The van der Waals surface area contributed by atoms with Crippen molar-refractivity contribution in [1.82, 2.24) is 15.2 Å². The van der Waals surface area contributed by atoms with Gasteiger partial charge in [0.2, 0.25) is 17.5 Å². The minimum atomic E-state index is -5.08. The van der Waals surface area contributed by atoms with Crippen molar-refractivity contribution in [2.45, 2.75) is 6.18 Å². The number of hydrogen-bond donors (Lipinski definition) is 1. The number of nitrogens with zero attached hydrogens (tertiary/aromatic N) is 3. The van der Waals surface area contributed by atoms with Crippen LogP contribution in [0.4, 0.5) is 13.2 Å². The van der Waals surface area contributed by atoms with Crippen LogP contribution in [0.3, 0.4) is 0 Å². The van der Waals surface area contributed by atoms with Gasteiger partial charge in [0.15, 0.2) is 11.5 Å². The van der Waals surface area contributed by atoms with Gasteiger partial charge in [-0.3, -0.25) is 4.98 Å². The fraction of sp³-hybridized carbons (Fsp3) is 0.222. The van der Waals surface area contributed by atoms with Crippen molar-refractivity contribution in [1.29, 1.82) is 0 Å². The Labute approximate surface area is 168 Å². The zero-order valence-electron chi connectivity index (χ0n) is 15.9. The van der Waals surface area contributed by atoms with Crippen molar-refractivity contribution in [2.75, 3.05) is 21.3 Å². The van der Waals surface area contributed by atoms with E-state index < -0.39 is 12.1 Å². The third-order valence-electron chi connectivity index (χ3n) is 3.49. The van der Waals surface area contributed by atoms with Crippen LogP contribution in [0.2, 0.25) is 0 Å². The van der Waals surface area contributed by atoms with E-state index in [1.807, 2.05) is 6.07 Å². The predicted octanol–water partition coefficient (Wildman–Crippen LogP) is 3.46. The highest BCUT2D eigenvalue weighted by molar-refractivity contribution is 5.73. The SMILES string of the molecule is COc1cc(-c2nnc(-c3cccnc3)o2)cc(OC)c1OC.O=C(O)C(F)(F)F. The highest BCUT2D eigenvalue weighted by Crippen LogP contribution is 2.41. The second-order valence-corrected chi connectivity index (χ2v) is 5.37. The summed E-state index contributed by atoms with van der Waals surface area (Å²) in [6.45, 7) is 0. The number of ether oxygens (including phenoxy) is 3. The third kappa shape index (κ3) is 5.37. The molecule has 0 bridgehead atoms. The largest absolute Gasteiger partial charge is 0.493 e. The van der Waals surface area contributed by atoms with Gasteiger partial charge >= 0.3 is 12.1 Å². The molecule has 0 saturated carbocycles. The molecule has 0 aliphatic carbocycles. The maximum atomic E-state index is 10.6. The first-order valence-electron chi connectivity index (χ1n) is 8.05. The molecule has 9 nitrogen and oxygen atoms in total. The molecule has 0 unspecified atom stereocenters. The standard InChI is InChI=1S/C16H15N3O4.C2HF3O2/c1-20-12-7-11(8-13(21-2)14(12)22-3)16-19-18-15(23-16)10-5-4-6-17-9-10;3-2(4,5)1(6)7/h4-9H,1-3H3;(H,6,7). The molecule has 1 aromatic carbocycles. The van der Waals surface area contributed by atoms with Crippen molar-refractivity contribution in [2.24, 2.45) is 0 Å². The fourth-order valence-electron chi connectivity index (χ4n) is 2.15. The number of carboxylic acid groups (broad SMARTS) is 1. The number of carboxylic acids is 1. The van der Waals surface area contributed by atoms with Gasteiger partial charge < -0.3 is 23.7 Å². The van der Waals surface area contributed by atoms with Crippen molar-refractivity contribution < 1.29 is 41.7 Å². The van der Waals surface area contributed by atoms with Gasteiger partial charge in [-0.15, -0.1) is 10.2 Å². The van der Waals surface area contributed by atoms with Crippen LogP contribution in [0.5, 0.6) is 17.2 Å². The molecule has 0 saturated heterocycles. The third-order valence-corrected chi connectivity index (χ3v) is 3.49. The lowest BCUT2D eigenvalue weighted by Gasteiger charge is -2.12. The molecule has 12 heteroatoms. The summed E-state index contributed by atoms with van der Waals surface area (Å²) in [5, 5.41) is 15.2. The quantitative estimate of drug-likeness (QED) is 0.653. The second kappa shape index (κ2) is 9.58. The Morgan fingerprint density at radius 3 is 1.93 bits per heavy atom. The van der Waals surface area contributed by atoms with Crippen LogP contribution in [0.25, 0.3) is 22.9 Å². The summed E-state index contributed by atoms with van der Waals surface area (Å²) in [6, 6.07) is 7.15. The van der Waals surface area contributed by atoms with E-state index in [1.54, 1.807) is 51.9 Å². The Morgan fingerprint density at radius 2 is 1.53 bits per heavy atom. The van der Waals surface area contributed by atoms with E-state index in [0.29, 0.717) is 34.6 Å². The summed E-state index contributed by atoms with van der Waals surface area (Å²) in [5.74, 6) is -0.478. The number of methoxy groups -OCH3 is 3.